The fourth-order valence-electron chi connectivity index (χ4n) is 3.22. The van der Waals surface area contributed by atoms with Crippen molar-refractivity contribution in [3.05, 3.63) is 82.6 Å². The number of thiophene rings is 1. The number of hydrogen-bond acceptors (Lipinski definition) is 6. The number of H-pyrrole nitrogens is 1. The lowest BCUT2D eigenvalue weighted by molar-refractivity contribution is 0.0704. The third-order valence-corrected chi connectivity index (χ3v) is 8.74. The lowest BCUT2D eigenvalue weighted by Crippen LogP contribution is -2.34. The minimum atomic E-state index is -4.19. The predicted molar refractivity (Wildman–Crippen MR) is 132 cm³/mol. The van der Waals surface area contributed by atoms with Gasteiger partial charge in [-0.15, -0.1) is 11.3 Å². The Kier molecular flexibility index (Phi) is 6.25. The lowest BCUT2D eigenvalue weighted by Gasteiger charge is -2.20. The van der Waals surface area contributed by atoms with Crippen LogP contribution in [0.15, 0.2) is 56.3 Å². The zero-order valence-electron chi connectivity index (χ0n) is 16.9. The Morgan fingerprint density at radius 1 is 1.06 bits per heavy atom. The standard InChI is InChI=1S/C20H12Cl3N3O6S2/c1-25(9-2-4-11(21)13(23)6-9)34(31,32)10-3-5-12(22)15(7-10)26-18(27)16-14(24-20(26)30)8-33-17(16)19(28)29/h2-8H,1H3,(H,24,30)(H,28,29). The number of halogens is 3. The van der Waals surface area contributed by atoms with E-state index < -0.39 is 27.2 Å². The van der Waals surface area contributed by atoms with Crippen molar-refractivity contribution in [3.8, 4) is 5.69 Å². The molecule has 0 amide bonds. The molecule has 0 bridgehead atoms. The fraction of sp³-hybridized carbons (Fsp3) is 0.0500. The third-order valence-electron chi connectivity index (χ3n) is 4.93. The van der Waals surface area contributed by atoms with Crippen molar-refractivity contribution in [2.45, 2.75) is 4.90 Å². The molecule has 0 aliphatic heterocycles. The molecular weight excluding hydrogens is 549 g/mol. The number of aromatic carboxylic acids is 1. The Morgan fingerprint density at radius 3 is 2.38 bits per heavy atom. The molecule has 0 aliphatic rings. The molecule has 14 heteroatoms. The van der Waals surface area contributed by atoms with E-state index in [0.29, 0.717) is 4.57 Å². The normalized spacial score (nSPS) is 11.6. The average molecular weight is 561 g/mol. The van der Waals surface area contributed by atoms with E-state index in [2.05, 4.69) is 4.98 Å². The quantitative estimate of drug-likeness (QED) is 0.376. The minimum Gasteiger partial charge on any atom is -0.477 e. The van der Waals surface area contributed by atoms with Crippen molar-refractivity contribution in [2.75, 3.05) is 11.4 Å². The molecule has 4 aromatic rings. The number of nitrogens with one attached hydrogen (secondary N) is 1. The van der Waals surface area contributed by atoms with Crippen molar-refractivity contribution >= 4 is 78.7 Å². The van der Waals surface area contributed by atoms with Gasteiger partial charge < -0.3 is 10.1 Å². The maximum Gasteiger partial charge on any atom is 0.346 e. The van der Waals surface area contributed by atoms with E-state index in [9.17, 15) is 27.9 Å². The van der Waals surface area contributed by atoms with Crippen LogP contribution < -0.4 is 15.6 Å². The summed E-state index contributed by atoms with van der Waals surface area (Å²) in [7, 11) is -2.90. The number of carboxylic acids is 1. The molecule has 176 valence electrons. The summed E-state index contributed by atoms with van der Waals surface area (Å²) in [5.74, 6) is -1.35. The predicted octanol–water partition coefficient (Wildman–Crippen LogP) is 4.22. The molecule has 0 unspecified atom stereocenters. The second-order valence-electron chi connectivity index (χ2n) is 6.91. The van der Waals surface area contributed by atoms with Gasteiger partial charge in [0, 0.05) is 12.4 Å². The molecule has 0 saturated heterocycles. The number of aromatic nitrogens is 2. The average Bonchev–Trinajstić information content (AvgIpc) is 3.20. The summed E-state index contributed by atoms with van der Waals surface area (Å²) < 4.78 is 28.1. The maximum atomic E-state index is 13.3. The van der Waals surface area contributed by atoms with Gasteiger partial charge in [-0.1, -0.05) is 34.8 Å². The Balaban J connectivity index is 1.91. The molecule has 0 radical (unpaired) electrons. The first-order valence-electron chi connectivity index (χ1n) is 9.17. The summed E-state index contributed by atoms with van der Waals surface area (Å²) in [6.07, 6.45) is 0. The summed E-state index contributed by atoms with van der Waals surface area (Å²) in [4.78, 5) is 39.2. The zero-order chi connectivity index (χ0) is 24.9. The first-order valence-corrected chi connectivity index (χ1v) is 12.6. The monoisotopic (exact) mass is 559 g/mol. The van der Waals surface area contributed by atoms with Gasteiger partial charge in [0.05, 0.1) is 42.2 Å². The van der Waals surface area contributed by atoms with Gasteiger partial charge in [-0.25, -0.2) is 22.6 Å². The van der Waals surface area contributed by atoms with E-state index >= 15 is 0 Å². The van der Waals surface area contributed by atoms with Gasteiger partial charge in [0.2, 0.25) is 0 Å². The molecule has 0 spiro atoms. The van der Waals surface area contributed by atoms with E-state index in [1.807, 2.05) is 0 Å². The van der Waals surface area contributed by atoms with Crippen LogP contribution in [0.2, 0.25) is 15.1 Å². The number of nitrogens with zero attached hydrogens (tertiary/aromatic N) is 2. The topological polar surface area (TPSA) is 130 Å². The van der Waals surface area contributed by atoms with Gasteiger partial charge >= 0.3 is 11.7 Å². The minimum absolute atomic E-state index is 0.0490. The van der Waals surface area contributed by atoms with Crippen LogP contribution in [-0.2, 0) is 10.0 Å². The number of rotatable bonds is 5. The first-order chi connectivity index (χ1) is 15.9. The summed E-state index contributed by atoms with van der Waals surface area (Å²) in [6.45, 7) is 0. The Morgan fingerprint density at radius 2 is 1.74 bits per heavy atom. The summed E-state index contributed by atoms with van der Waals surface area (Å²) in [6, 6.07) is 7.74. The third kappa shape index (κ3) is 3.99. The van der Waals surface area contributed by atoms with E-state index in [0.717, 1.165) is 21.7 Å². The smallest absolute Gasteiger partial charge is 0.346 e. The van der Waals surface area contributed by atoms with Gasteiger partial charge in [0.25, 0.3) is 15.6 Å². The SMILES string of the molecule is CN(c1ccc(Cl)c(Cl)c1)S(=O)(=O)c1ccc(Cl)c(-n2c(=O)[nH]c3csc(C(=O)O)c3c2=O)c1. The molecule has 2 heterocycles. The van der Waals surface area contributed by atoms with Crippen molar-refractivity contribution in [2.24, 2.45) is 0 Å². The van der Waals surface area contributed by atoms with Crippen LogP contribution in [-0.4, -0.2) is 36.1 Å². The van der Waals surface area contributed by atoms with Crippen molar-refractivity contribution in [1.82, 2.24) is 9.55 Å². The fourth-order valence-corrected chi connectivity index (χ4v) is 5.75. The van der Waals surface area contributed by atoms with E-state index in [1.165, 1.54) is 42.8 Å². The lowest BCUT2D eigenvalue weighted by atomic mass is 10.2. The Labute approximate surface area is 210 Å². The van der Waals surface area contributed by atoms with Crippen LogP contribution >= 0.6 is 46.1 Å². The van der Waals surface area contributed by atoms with E-state index in [4.69, 9.17) is 34.8 Å². The molecule has 2 N–H and O–H groups in total. The maximum absolute atomic E-state index is 13.3. The highest BCUT2D eigenvalue weighted by Gasteiger charge is 2.25. The van der Waals surface area contributed by atoms with Crippen LogP contribution in [0.5, 0.6) is 0 Å². The van der Waals surface area contributed by atoms with Crippen LogP contribution in [0.4, 0.5) is 5.69 Å². The van der Waals surface area contributed by atoms with Gasteiger partial charge in [0.1, 0.15) is 4.88 Å². The Hall–Kier alpha value is -2.83. The number of carbonyl (C=O) groups is 1. The second-order valence-corrected chi connectivity index (χ2v) is 11.0. The number of anilines is 1. The van der Waals surface area contributed by atoms with Gasteiger partial charge in [-0.2, -0.15) is 0 Å². The van der Waals surface area contributed by atoms with Gasteiger partial charge in [-0.3, -0.25) is 9.10 Å². The molecule has 4 rings (SSSR count). The summed E-state index contributed by atoms with van der Waals surface area (Å²) in [5.41, 5.74) is -1.84. The molecular formula is C20H12Cl3N3O6S2. The Bertz CT molecular complexity index is 1710. The van der Waals surface area contributed by atoms with Crippen LogP contribution in [0, 0.1) is 0 Å². The summed E-state index contributed by atoms with van der Waals surface area (Å²) >= 11 is 18.9. The first kappa shape index (κ1) is 24.3. The van der Waals surface area contributed by atoms with E-state index in [-0.39, 0.29) is 47.1 Å². The van der Waals surface area contributed by atoms with Crippen molar-refractivity contribution in [1.29, 1.82) is 0 Å². The van der Waals surface area contributed by atoms with E-state index in [1.54, 1.807) is 0 Å². The van der Waals surface area contributed by atoms with Crippen LogP contribution in [0.25, 0.3) is 16.6 Å². The highest BCUT2D eigenvalue weighted by Crippen LogP contribution is 2.31. The molecule has 0 aliphatic carbocycles. The number of benzene rings is 2. The highest BCUT2D eigenvalue weighted by molar-refractivity contribution is 7.92. The largest absolute Gasteiger partial charge is 0.477 e. The molecule has 2 aromatic heterocycles. The van der Waals surface area contributed by atoms with Gasteiger partial charge in [0.15, 0.2) is 0 Å². The molecule has 2 aromatic carbocycles. The zero-order valence-corrected chi connectivity index (χ0v) is 20.8. The second kappa shape index (κ2) is 8.75. The van der Waals surface area contributed by atoms with Crippen LogP contribution in [0.1, 0.15) is 9.67 Å². The number of hydrogen-bond donors (Lipinski definition) is 2. The molecule has 34 heavy (non-hydrogen) atoms. The molecule has 9 nitrogen and oxygen atoms in total. The number of aromatic amines is 1. The van der Waals surface area contributed by atoms with Crippen molar-refractivity contribution < 1.29 is 18.3 Å². The molecule has 0 atom stereocenters. The summed E-state index contributed by atoms with van der Waals surface area (Å²) in [5, 5.41) is 10.8. The van der Waals surface area contributed by atoms with Crippen molar-refractivity contribution in [3.63, 3.8) is 0 Å². The molecule has 0 fully saturated rings. The van der Waals surface area contributed by atoms with Gasteiger partial charge in [-0.05, 0) is 36.4 Å². The highest BCUT2D eigenvalue weighted by atomic mass is 35.5. The molecule has 0 saturated carbocycles. The van der Waals surface area contributed by atoms with Crippen LogP contribution in [0.3, 0.4) is 0 Å². The number of fused-ring (bicyclic) bond motifs is 1. The number of sulfonamides is 1. The number of carboxylic acid groups (broad SMARTS) is 1.